The van der Waals surface area contributed by atoms with Gasteiger partial charge >= 0.3 is 0 Å². The molecular formula is C18H18N6O. The summed E-state index contributed by atoms with van der Waals surface area (Å²) in [5.74, 6) is 0.275. The number of benzene rings is 1. The number of carbonyl (C=O) groups excluding carboxylic acids is 1. The highest BCUT2D eigenvalue weighted by molar-refractivity contribution is 5.97. The summed E-state index contributed by atoms with van der Waals surface area (Å²) >= 11 is 0. The van der Waals surface area contributed by atoms with Crippen LogP contribution < -0.4 is 5.73 Å². The van der Waals surface area contributed by atoms with Crippen molar-refractivity contribution in [2.24, 2.45) is 0 Å². The first-order valence-corrected chi connectivity index (χ1v) is 8.35. The Morgan fingerprint density at radius 2 is 1.72 bits per heavy atom. The Hall–Kier alpha value is -3.09. The number of piperidine rings is 1. The maximum absolute atomic E-state index is 12.7. The van der Waals surface area contributed by atoms with Crippen LogP contribution in [-0.4, -0.2) is 43.8 Å². The molecule has 1 amide bonds. The summed E-state index contributed by atoms with van der Waals surface area (Å²) in [6, 6.07) is 5.46. The van der Waals surface area contributed by atoms with Crippen LogP contribution in [0.5, 0.6) is 0 Å². The van der Waals surface area contributed by atoms with E-state index in [4.69, 9.17) is 5.73 Å². The van der Waals surface area contributed by atoms with Crippen LogP contribution in [0.25, 0.3) is 22.3 Å². The number of hydrogen-bond donors (Lipinski definition) is 1. The van der Waals surface area contributed by atoms with Gasteiger partial charge in [0, 0.05) is 36.6 Å². The molecule has 0 atom stereocenters. The first-order valence-electron chi connectivity index (χ1n) is 8.35. The molecule has 0 radical (unpaired) electrons. The monoisotopic (exact) mass is 334 g/mol. The molecule has 2 N–H and O–H groups in total. The zero-order chi connectivity index (χ0) is 17.2. The molecule has 1 aliphatic heterocycles. The maximum Gasteiger partial charge on any atom is 0.253 e. The Morgan fingerprint density at radius 3 is 2.48 bits per heavy atom. The van der Waals surface area contributed by atoms with Gasteiger partial charge in [-0.1, -0.05) is 0 Å². The van der Waals surface area contributed by atoms with Gasteiger partial charge in [-0.25, -0.2) is 15.0 Å². The number of amides is 1. The summed E-state index contributed by atoms with van der Waals surface area (Å²) < 4.78 is 0. The molecule has 2 aromatic heterocycles. The third-order valence-corrected chi connectivity index (χ3v) is 4.40. The summed E-state index contributed by atoms with van der Waals surface area (Å²) in [5, 5.41) is 0. The van der Waals surface area contributed by atoms with Gasteiger partial charge in [0.2, 0.25) is 5.95 Å². The van der Waals surface area contributed by atoms with E-state index in [-0.39, 0.29) is 11.9 Å². The molecule has 1 aromatic carbocycles. The highest BCUT2D eigenvalue weighted by Crippen LogP contribution is 2.20. The molecule has 3 aromatic rings. The van der Waals surface area contributed by atoms with Gasteiger partial charge in [-0.15, -0.1) is 0 Å². The van der Waals surface area contributed by atoms with Crippen LogP contribution in [0.15, 0.2) is 36.8 Å². The van der Waals surface area contributed by atoms with Crippen LogP contribution in [0.2, 0.25) is 0 Å². The van der Waals surface area contributed by atoms with Crippen molar-refractivity contribution in [3.63, 3.8) is 0 Å². The summed E-state index contributed by atoms with van der Waals surface area (Å²) in [5.41, 5.74) is 8.97. The maximum atomic E-state index is 12.7. The fraction of sp³-hybridized carbons (Fsp3) is 0.278. The number of anilines is 1. The lowest BCUT2D eigenvalue weighted by atomic mass is 10.1. The highest BCUT2D eigenvalue weighted by atomic mass is 16.2. The van der Waals surface area contributed by atoms with E-state index in [2.05, 4.69) is 19.9 Å². The van der Waals surface area contributed by atoms with Crippen molar-refractivity contribution >= 4 is 22.9 Å². The molecule has 7 heteroatoms. The van der Waals surface area contributed by atoms with Gasteiger partial charge in [-0.3, -0.25) is 9.78 Å². The molecule has 1 aliphatic rings. The Balaban J connectivity index is 1.69. The minimum absolute atomic E-state index is 0.0598. The minimum atomic E-state index is 0.0598. The van der Waals surface area contributed by atoms with E-state index in [0.717, 1.165) is 37.0 Å². The van der Waals surface area contributed by atoms with Crippen LogP contribution in [-0.2, 0) is 0 Å². The van der Waals surface area contributed by atoms with Crippen LogP contribution >= 0.6 is 0 Å². The molecule has 0 spiro atoms. The average molecular weight is 334 g/mol. The number of nitrogens with two attached hydrogens (primary N) is 1. The summed E-state index contributed by atoms with van der Waals surface area (Å²) in [4.78, 5) is 31.6. The van der Waals surface area contributed by atoms with Crippen LogP contribution in [0, 0.1) is 0 Å². The third kappa shape index (κ3) is 3.13. The first-order chi connectivity index (χ1) is 12.2. The van der Waals surface area contributed by atoms with Gasteiger partial charge in [-0.05, 0) is 37.5 Å². The van der Waals surface area contributed by atoms with E-state index < -0.39 is 0 Å². The molecule has 3 heterocycles. The molecule has 1 saturated heterocycles. The smallest absolute Gasteiger partial charge is 0.253 e. The number of rotatable bonds is 2. The van der Waals surface area contributed by atoms with Gasteiger partial charge in [-0.2, -0.15) is 0 Å². The Morgan fingerprint density at radius 1 is 0.960 bits per heavy atom. The fourth-order valence-electron chi connectivity index (χ4n) is 3.03. The lowest BCUT2D eigenvalue weighted by molar-refractivity contribution is 0.0724. The third-order valence-electron chi connectivity index (χ3n) is 4.40. The normalized spacial score (nSPS) is 14.6. The van der Waals surface area contributed by atoms with Crippen molar-refractivity contribution in [1.82, 2.24) is 24.8 Å². The van der Waals surface area contributed by atoms with E-state index in [1.54, 1.807) is 24.7 Å². The molecule has 25 heavy (non-hydrogen) atoms. The number of nitrogens with zero attached hydrogens (tertiary/aromatic N) is 5. The number of likely N-dealkylation sites (tertiary alicyclic amines) is 1. The number of aromatic nitrogens is 4. The van der Waals surface area contributed by atoms with Crippen molar-refractivity contribution < 1.29 is 4.79 Å². The number of hydrogen-bond acceptors (Lipinski definition) is 6. The minimum Gasteiger partial charge on any atom is -0.368 e. The van der Waals surface area contributed by atoms with Crippen molar-refractivity contribution in [1.29, 1.82) is 0 Å². The van der Waals surface area contributed by atoms with E-state index in [1.165, 1.54) is 6.42 Å². The van der Waals surface area contributed by atoms with Gasteiger partial charge < -0.3 is 10.6 Å². The Kier molecular flexibility index (Phi) is 3.97. The van der Waals surface area contributed by atoms with Crippen LogP contribution in [0.3, 0.4) is 0 Å². The van der Waals surface area contributed by atoms with Crippen molar-refractivity contribution in [2.45, 2.75) is 19.3 Å². The van der Waals surface area contributed by atoms with Crippen molar-refractivity contribution in [3.05, 3.63) is 42.4 Å². The molecule has 0 aliphatic carbocycles. The summed E-state index contributed by atoms with van der Waals surface area (Å²) in [6.07, 6.45) is 8.23. The zero-order valence-electron chi connectivity index (χ0n) is 13.7. The second kappa shape index (κ2) is 6.43. The molecule has 7 nitrogen and oxygen atoms in total. The number of carbonyl (C=O) groups is 1. The standard InChI is InChI=1S/C18H18N6O/c19-18-21-9-13(10-22-18)16-11-20-14-5-4-12(8-15(14)23-16)17(25)24-6-2-1-3-7-24/h4-5,8-11H,1-3,6-7H2,(H2,19,21,22). The zero-order valence-corrected chi connectivity index (χ0v) is 13.7. The van der Waals surface area contributed by atoms with Crippen LogP contribution in [0.1, 0.15) is 29.6 Å². The fourth-order valence-corrected chi connectivity index (χ4v) is 3.03. The van der Waals surface area contributed by atoms with E-state index in [0.29, 0.717) is 16.8 Å². The molecule has 4 rings (SSSR count). The second-order valence-electron chi connectivity index (χ2n) is 6.14. The molecule has 126 valence electrons. The van der Waals surface area contributed by atoms with E-state index in [1.807, 2.05) is 17.0 Å². The molecule has 0 unspecified atom stereocenters. The van der Waals surface area contributed by atoms with Gasteiger partial charge in [0.15, 0.2) is 0 Å². The topological polar surface area (TPSA) is 97.9 Å². The van der Waals surface area contributed by atoms with Crippen molar-refractivity contribution in [3.8, 4) is 11.3 Å². The molecule has 1 fully saturated rings. The largest absolute Gasteiger partial charge is 0.368 e. The SMILES string of the molecule is Nc1ncc(-c2cnc3ccc(C(=O)N4CCCCC4)cc3n2)cn1. The van der Waals surface area contributed by atoms with Gasteiger partial charge in [0.25, 0.3) is 5.91 Å². The quantitative estimate of drug-likeness (QED) is 0.772. The predicted molar refractivity (Wildman–Crippen MR) is 94.7 cm³/mol. The lowest BCUT2D eigenvalue weighted by Crippen LogP contribution is -2.35. The summed E-state index contributed by atoms with van der Waals surface area (Å²) in [7, 11) is 0. The molecule has 0 bridgehead atoms. The van der Waals surface area contributed by atoms with Crippen LogP contribution in [0.4, 0.5) is 5.95 Å². The lowest BCUT2D eigenvalue weighted by Gasteiger charge is -2.26. The predicted octanol–water partition coefficient (Wildman–Crippen LogP) is 2.30. The summed E-state index contributed by atoms with van der Waals surface area (Å²) in [6.45, 7) is 1.65. The first kappa shape index (κ1) is 15.4. The van der Waals surface area contributed by atoms with E-state index in [9.17, 15) is 4.79 Å². The number of nitrogen functional groups attached to an aromatic ring is 1. The van der Waals surface area contributed by atoms with Crippen molar-refractivity contribution in [2.75, 3.05) is 18.8 Å². The Labute approximate surface area is 144 Å². The molecular weight excluding hydrogens is 316 g/mol. The van der Waals surface area contributed by atoms with E-state index >= 15 is 0 Å². The second-order valence-corrected chi connectivity index (χ2v) is 6.14. The Bertz CT molecular complexity index is 919. The van der Waals surface area contributed by atoms with Gasteiger partial charge in [0.05, 0.1) is 22.9 Å². The molecule has 0 saturated carbocycles. The van der Waals surface area contributed by atoms with Gasteiger partial charge in [0.1, 0.15) is 0 Å². The number of fused-ring (bicyclic) bond motifs is 1. The highest BCUT2D eigenvalue weighted by Gasteiger charge is 2.18. The average Bonchev–Trinajstić information content (AvgIpc) is 2.68.